The third-order valence-corrected chi connectivity index (χ3v) is 2.76. The molecule has 0 aliphatic carbocycles. The van der Waals surface area contributed by atoms with Gasteiger partial charge in [0.05, 0.1) is 11.9 Å². The van der Waals surface area contributed by atoms with Gasteiger partial charge in [-0.15, -0.1) is 0 Å². The molecule has 0 unspecified atom stereocenters. The first-order valence-electron chi connectivity index (χ1n) is 4.89. The van der Waals surface area contributed by atoms with E-state index >= 15 is 0 Å². The molecule has 1 aromatic rings. The van der Waals surface area contributed by atoms with E-state index in [1.807, 2.05) is 13.0 Å². The third kappa shape index (κ3) is 3.48. The fraction of sp³-hybridized carbons (Fsp3) is 0.400. The molecule has 1 rings (SSSR count). The van der Waals surface area contributed by atoms with Crippen LogP contribution in [0.25, 0.3) is 0 Å². The van der Waals surface area contributed by atoms with E-state index in [0.717, 1.165) is 17.4 Å². The van der Waals surface area contributed by atoms with Crippen LogP contribution in [0.15, 0.2) is 18.2 Å². The van der Waals surface area contributed by atoms with Crippen LogP contribution in [0, 0.1) is 0 Å². The SMILES string of the molecule is C[C@@H](N)c1ccc(NS(C)(=O)=O)c(CN)c1. The highest BCUT2D eigenvalue weighted by Crippen LogP contribution is 2.21. The van der Waals surface area contributed by atoms with Crippen molar-refractivity contribution in [1.29, 1.82) is 0 Å². The lowest BCUT2D eigenvalue weighted by atomic mass is 10.0. The molecule has 0 saturated carbocycles. The van der Waals surface area contributed by atoms with Gasteiger partial charge in [-0.2, -0.15) is 0 Å². The quantitative estimate of drug-likeness (QED) is 0.718. The molecule has 6 heteroatoms. The van der Waals surface area contributed by atoms with Crippen LogP contribution >= 0.6 is 0 Å². The fourth-order valence-electron chi connectivity index (χ4n) is 1.37. The van der Waals surface area contributed by atoms with Crippen LogP contribution in [0.2, 0.25) is 0 Å². The van der Waals surface area contributed by atoms with Gasteiger partial charge in [0.2, 0.25) is 10.0 Å². The number of sulfonamides is 1. The minimum Gasteiger partial charge on any atom is -0.326 e. The van der Waals surface area contributed by atoms with Crippen LogP contribution in [0.4, 0.5) is 5.69 Å². The number of rotatable bonds is 4. The Hall–Kier alpha value is -1.11. The molecule has 0 aliphatic rings. The molecular weight excluding hydrogens is 226 g/mol. The maximum atomic E-state index is 11.1. The Morgan fingerprint density at radius 2 is 2.06 bits per heavy atom. The van der Waals surface area contributed by atoms with Crippen LogP contribution in [-0.4, -0.2) is 14.7 Å². The third-order valence-electron chi connectivity index (χ3n) is 2.17. The molecule has 90 valence electrons. The second-order valence-corrected chi connectivity index (χ2v) is 5.53. The Morgan fingerprint density at radius 3 is 2.50 bits per heavy atom. The van der Waals surface area contributed by atoms with Gasteiger partial charge in [-0.3, -0.25) is 4.72 Å². The molecule has 0 bridgehead atoms. The van der Waals surface area contributed by atoms with E-state index in [2.05, 4.69) is 4.72 Å². The average molecular weight is 243 g/mol. The van der Waals surface area contributed by atoms with Gasteiger partial charge in [-0.05, 0) is 24.1 Å². The highest BCUT2D eigenvalue weighted by atomic mass is 32.2. The van der Waals surface area contributed by atoms with Crippen LogP contribution in [0.5, 0.6) is 0 Å². The molecule has 0 fully saturated rings. The molecule has 5 nitrogen and oxygen atoms in total. The molecule has 0 aliphatic heterocycles. The Morgan fingerprint density at radius 1 is 1.44 bits per heavy atom. The molecule has 0 saturated heterocycles. The molecule has 0 heterocycles. The Labute approximate surface area is 95.9 Å². The molecule has 0 radical (unpaired) electrons. The minimum absolute atomic E-state index is 0.0995. The van der Waals surface area contributed by atoms with E-state index < -0.39 is 10.0 Å². The van der Waals surface area contributed by atoms with Gasteiger partial charge >= 0.3 is 0 Å². The number of nitrogens with one attached hydrogen (secondary N) is 1. The van der Waals surface area contributed by atoms with E-state index in [0.29, 0.717) is 5.69 Å². The van der Waals surface area contributed by atoms with Crippen LogP contribution in [0.1, 0.15) is 24.1 Å². The maximum absolute atomic E-state index is 11.1. The lowest BCUT2D eigenvalue weighted by Crippen LogP contribution is -2.14. The predicted octanol–water partition coefficient (Wildman–Crippen LogP) is 0.537. The number of anilines is 1. The number of nitrogens with two attached hydrogens (primary N) is 2. The molecule has 0 aromatic heterocycles. The molecule has 0 amide bonds. The normalized spacial score (nSPS) is 13.5. The van der Waals surface area contributed by atoms with Gasteiger partial charge in [-0.25, -0.2) is 8.42 Å². The molecule has 1 aromatic carbocycles. The van der Waals surface area contributed by atoms with E-state index in [-0.39, 0.29) is 12.6 Å². The van der Waals surface area contributed by atoms with Gasteiger partial charge in [-0.1, -0.05) is 12.1 Å². The smallest absolute Gasteiger partial charge is 0.229 e. The van der Waals surface area contributed by atoms with E-state index in [9.17, 15) is 8.42 Å². The topological polar surface area (TPSA) is 98.2 Å². The summed E-state index contributed by atoms with van der Waals surface area (Å²) in [6.45, 7) is 2.12. The first kappa shape index (κ1) is 13.0. The van der Waals surface area contributed by atoms with Crippen molar-refractivity contribution in [3.05, 3.63) is 29.3 Å². The van der Waals surface area contributed by atoms with Crippen molar-refractivity contribution in [2.24, 2.45) is 11.5 Å². The molecule has 16 heavy (non-hydrogen) atoms. The zero-order valence-corrected chi connectivity index (χ0v) is 10.2. The van der Waals surface area contributed by atoms with Gasteiger partial charge in [0, 0.05) is 12.6 Å². The Balaban J connectivity index is 3.12. The highest BCUT2D eigenvalue weighted by Gasteiger charge is 2.08. The summed E-state index contributed by atoms with van der Waals surface area (Å²) in [7, 11) is -3.28. The summed E-state index contributed by atoms with van der Waals surface area (Å²) in [5.74, 6) is 0. The summed E-state index contributed by atoms with van der Waals surface area (Å²) >= 11 is 0. The van der Waals surface area contributed by atoms with E-state index in [1.165, 1.54) is 0 Å². The van der Waals surface area contributed by atoms with Crippen molar-refractivity contribution in [1.82, 2.24) is 0 Å². The van der Waals surface area contributed by atoms with Crippen molar-refractivity contribution in [2.45, 2.75) is 19.5 Å². The van der Waals surface area contributed by atoms with E-state index in [1.54, 1.807) is 12.1 Å². The van der Waals surface area contributed by atoms with Gasteiger partial charge in [0.15, 0.2) is 0 Å². The minimum atomic E-state index is -3.28. The average Bonchev–Trinajstić information content (AvgIpc) is 2.15. The monoisotopic (exact) mass is 243 g/mol. The number of hydrogen-bond acceptors (Lipinski definition) is 4. The first-order chi connectivity index (χ1) is 7.33. The lowest BCUT2D eigenvalue weighted by Gasteiger charge is -2.13. The number of benzene rings is 1. The van der Waals surface area contributed by atoms with Crippen LogP contribution in [-0.2, 0) is 16.6 Å². The first-order valence-corrected chi connectivity index (χ1v) is 6.79. The largest absolute Gasteiger partial charge is 0.326 e. The fourth-order valence-corrected chi connectivity index (χ4v) is 1.96. The summed E-state index contributed by atoms with van der Waals surface area (Å²) in [6.07, 6.45) is 1.10. The van der Waals surface area contributed by atoms with Crippen molar-refractivity contribution >= 4 is 15.7 Å². The van der Waals surface area contributed by atoms with Crippen molar-refractivity contribution in [3.8, 4) is 0 Å². The molecule has 1 atom stereocenters. The van der Waals surface area contributed by atoms with Crippen molar-refractivity contribution < 1.29 is 8.42 Å². The highest BCUT2D eigenvalue weighted by molar-refractivity contribution is 7.92. The van der Waals surface area contributed by atoms with Gasteiger partial charge in [0.25, 0.3) is 0 Å². The molecule has 0 spiro atoms. The van der Waals surface area contributed by atoms with Gasteiger partial charge < -0.3 is 11.5 Å². The summed E-state index contributed by atoms with van der Waals surface area (Å²) in [5, 5.41) is 0. The Bertz CT molecular complexity index is 469. The van der Waals surface area contributed by atoms with Crippen molar-refractivity contribution in [3.63, 3.8) is 0 Å². The predicted molar refractivity (Wildman–Crippen MR) is 65.4 cm³/mol. The summed E-state index contributed by atoms with van der Waals surface area (Å²) in [5.41, 5.74) is 13.5. The summed E-state index contributed by atoms with van der Waals surface area (Å²) in [6, 6.07) is 5.19. The van der Waals surface area contributed by atoms with Gasteiger partial charge in [0.1, 0.15) is 0 Å². The second kappa shape index (κ2) is 4.82. The summed E-state index contributed by atoms with van der Waals surface area (Å²) < 4.78 is 24.6. The lowest BCUT2D eigenvalue weighted by molar-refractivity contribution is 0.606. The number of hydrogen-bond donors (Lipinski definition) is 3. The van der Waals surface area contributed by atoms with Crippen molar-refractivity contribution in [2.75, 3.05) is 11.0 Å². The zero-order valence-electron chi connectivity index (χ0n) is 9.40. The van der Waals surface area contributed by atoms with Crippen LogP contribution < -0.4 is 16.2 Å². The summed E-state index contributed by atoms with van der Waals surface area (Å²) in [4.78, 5) is 0. The molecule has 5 N–H and O–H groups in total. The van der Waals surface area contributed by atoms with E-state index in [4.69, 9.17) is 11.5 Å². The zero-order chi connectivity index (χ0) is 12.3. The maximum Gasteiger partial charge on any atom is 0.229 e. The second-order valence-electron chi connectivity index (χ2n) is 3.78. The standard InChI is InChI=1S/C10H17N3O2S/c1-7(12)8-3-4-10(9(5-8)6-11)13-16(2,14)15/h3-5,7,13H,6,11-12H2,1-2H3/t7-/m1/s1. The van der Waals surface area contributed by atoms with Crippen LogP contribution in [0.3, 0.4) is 0 Å². The molecular formula is C10H17N3O2S. The Kier molecular flexibility index (Phi) is 3.90.